The summed E-state index contributed by atoms with van der Waals surface area (Å²) in [6, 6.07) is 15.8. The van der Waals surface area contributed by atoms with E-state index in [4.69, 9.17) is 29.1 Å². The predicted molar refractivity (Wildman–Crippen MR) is 188 cm³/mol. The number of primary amides is 1. The van der Waals surface area contributed by atoms with Crippen LogP contribution in [0.15, 0.2) is 65.1 Å². The lowest BCUT2D eigenvalue weighted by Crippen LogP contribution is -2.34. The van der Waals surface area contributed by atoms with Gasteiger partial charge in [0.05, 0.1) is 76.9 Å². The molecule has 0 unspecified atom stereocenters. The van der Waals surface area contributed by atoms with E-state index in [9.17, 15) is 27.2 Å². The van der Waals surface area contributed by atoms with Gasteiger partial charge in [0.2, 0.25) is 10.0 Å². The molecule has 2 N–H and O–H groups in total. The Hall–Kier alpha value is -4.47. The number of sulfonamides is 1. The van der Waals surface area contributed by atoms with E-state index in [-0.39, 0.29) is 55.0 Å². The van der Waals surface area contributed by atoms with Crippen molar-refractivity contribution in [2.75, 3.05) is 63.4 Å². The fraction of sp³-hybridized carbons (Fsp3) is 0.378. The lowest BCUT2D eigenvalue weighted by molar-refractivity contribution is -0.114. The summed E-state index contributed by atoms with van der Waals surface area (Å²) in [5.74, 6) is -2.56. The molecule has 1 aliphatic carbocycles. The molecule has 1 aliphatic rings. The van der Waals surface area contributed by atoms with Crippen molar-refractivity contribution in [3.8, 4) is 11.3 Å². The summed E-state index contributed by atoms with van der Waals surface area (Å²) in [6.07, 6.45) is 2.74. The summed E-state index contributed by atoms with van der Waals surface area (Å²) in [5, 5.41) is 0.318. The van der Waals surface area contributed by atoms with Gasteiger partial charge in [0.15, 0.2) is 5.78 Å². The van der Waals surface area contributed by atoms with Crippen LogP contribution in [0.5, 0.6) is 0 Å². The van der Waals surface area contributed by atoms with Crippen LogP contribution in [0.2, 0.25) is 0 Å². The zero-order valence-corrected chi connectivity index (χ0v) is 29.3. The van der Waals surface area contributed by atoms with Crippen LogP contribution in [-0.2, 0) is 40.4 Å². The zero-order valence-electron chi connectivity index (χ0n) is 28.5. The number of hydrogen-bond donors (Lipinski definition) is 1. The van der Waals surface area contributed by atoms with Crippen LogP contribution in [0.4, 0.5) is 10.1 Å². The molecule has 0 spiro atoms. The predicted octanol–water partition coefficient (Wildman–Crippen LogP) is 5.02. The summed E-state index contributed by atoms with van der Waals surface area (Å²) < 4.78 is 69.5. The van der Waals surface area contributed by atoms with Crippen molar-refractivity contribution in [2.45, 2.75) is 32.3 Å². The highest BCUT2D eigenvalue weighted by atomic mass is 32.2. The largest absolute Gasteiger partial charge is 0.455 e. The minimum Gasteiger partial charge on any atom is -0.455 e. The Balaban J connectivity index is 1.13. The van der Waals surface area contributed by atoms with E-state index in [0.29, 0.717) is 60.8 Å². The Labute approximate surface area is 295 Å². The highest BCUT2D eigenvalue weighted by molar-refractivity contribution is 7.92. The first-order valence-electron chi connectivity index (χ1n) is 16.5. The zero-order chi connectivity index (χ0) is 36.5. The molecule has 272 valence electrons. The Morgan fingerprint density at radius 2 is 1.51 bits per heavy atom. The standard InChI is InChI=1S/C37H41FN2O10S/c1-24(41)28-5-3-4-25(20-28)23-49-19-18-48-17-16-47-15-14-46-13-12-40(51(2,44)45)32-22-33-31(21-30(32)26-6-7-26)34(35(42)37(39)43)36(50-33)27-8-10-29(38)11-9-27/h3-5,8-11,20-22,26H,6-7,12-19,23H2,1-2H3,(H2,39,43). The number of nitrogens with two attached hydrogens (primary N) is 1. The summed E-state index contributed by atoms with van der Waals surface area (Å²) in [5.41, 5.74) is 8.49. The molecule has 0 atom stereocenters. The Bertz CT molecular complexity index is 1970. The van der Waals surface area contributed by atoms with Crippen molar-refractivity contribution in [2.24, 2.45) is 5.73 Å². The third-order valence-corrected chi connectivity index (χ3v) is 9.42. The third kappa shape index (κ3) is 10.1. The topological polar surface area (TPSA) is 165 Å². The average molecular weight is 725 g/mol. The number of anilines is 1. The molecule has 3 aromatic carbocycles. The van der Waals surface area contributed by atoms with Gasteiger partial charge in [-0.3, -0.25) is 18.7 Å². The molecule has 0 saturated heterocycles. The molecule has 0 radical (unpaired) electrons. The number of amides is 1. The highest BCUT2D eigenvalue weighted by Gasteiger charge is 2.34. The van der Waals surface area contributed by atoms with Crippen molar-refractivity contribution >= 4 is 44.2 Å². The molecule has 1 aromatic heterocycles. The van der Waals surface area contributed by atoms with Crippen molar-refractivity contribution in [1.29, 1.82) is 0 Å². The molecule has 1 heterocycles. The summed E-state index contributed by atoms with van der Waals surface area (Å²) in [7, 11) is -3.78. The van der Waals surface area contributed by atoms with E-state index in [1.54, 1.807) is 18.2 Å². The molecule has 1 saturated carbocycles. The highest BCUT2D eigenvalue weighted by Crippen LogP contribution is 2.48. The van der Waals surface area contributed by atoms with Crippen LogP contribution in [0.3, 0.4) is 0 Å². The molecular weight excluding hydrogens is 683 g/mol. The minimum absolute atomic E-state index is 0.00478. The van der Waals surface area contributed by atoms with Crippen LogP contribution < -0.4 is 10.0 Å². The number of furan rings is 1. The van der Waals surface area contributed by atoms with E-state index in [1.165, 1.54) is 35.5 Å². The number of ketones is 2. The molecule has 12 nitrogen and oxygen atoms in total. The molecular formula is C37H41FN2O10S. The maximum absolute atomic E-state index is 13.7. The second kappa shape index (κ2) is 17.2. The monoisotopic (exact) mass is 724 g/mol. The van der Waals surface area contributed by atoms with Gasteiger partial charge in [-0.15, -0.1) is 0 Å². The van der Waals surface area contributed by atoms with Crippen molar-refractivity contribution in [3.05, 3.63) is 88.7 Å². The summed E-state index contributed by atoms with van der Waals surface area (Å²) in [6.45, 7) is 3.97. The van der Waals surface area contributed by atoms with E-state index in [1.807, 2.05) is 18.2 Å². The smallest absolute Gasteiger partial charge is 0.289 e. The van der Waals surface area contributed by atoms with Crippen LogP contribution in [0.1, 0.15) is 57.5 Å². The lowest BCUT2D eigenvalue weighted by atomic mass is 9.98. The summed E-state index contributed by atoms with van der Waals surface area (Å²) >= 11 is 0. The maximum atomic E-state index is 13.7. The fourth-order valence-electron chi connectivity index (χ4n) is 5.58. The number of halogens is 1. The number of carbonyl (C=O) groups is 3. The van der Waals surface area contributed by atoms with Gasteiger partial charge in [-0.25, -0.2) is 12.8 Å². The van der Waals surface area contributed by atoms with Gasteiger partial charge in [0, 0.05) is 22.6 Å². The Morgan fingerprint density at radius 1 is 0.882 bits per heavy atom. The number of ether oxygens (including phenoxy) is 4. The van der Waals surface area contributed by atoms with E-state index in [2.05, 4.69) is 0 Å². The molecule has 0 bridgehead atoms. The number of benzene rings is 3. The lowest BCUT2D eigenvalue weighted by Gasteiger charge is -2.25. The van der Waals surface area contributed by atoms with Crippen LogP contribution in [-0.4, -0.2) is 84.9 Å². The quantitative estimate of drug-likeness (QED) is 0.0701. The first kappa shape index (κ1) is 37.8. The second-order valence-electron chi connectivity index (χ2n) is 12.2. The van der Waals surface area contributed by atoms with Crippen molar-refractivity contribution < 1.29 is 50.6 Å². The van der Waals surface area contributed by atoms with Crippen LogP contribution >= 0.6 is 0 Å². The van der Waals surface area contributed by atoms with Crippen LogP contribution in [0, 0.1) is 5.82 Å². The van der Waals surface area contributed by atoms with Crippen molar-refractivity contribution in [1.82, 2.24) is 0 Å². The third-order valence-electron chi connectivity index (χ3n) is 8.24. The first-order chi connectivity index (χ1) is 24.4. The molecule has 14 heteroatoms. The second-order valence-corrected chi connectivity index (χ2v) is 14.1. The summed E-state index contributed by atoms with van der Waals surface area (Å²) in [4.78, 5) is 36.5. The maximum Gasteiger partial charge on any atom is 0.289 e. The average Bonchev–Trinajstić information content (AvgIpc) is 3.88. The number of hydrogen-bond acceptors (Lipinski definition) is 10. The van der Waals surface area contributed by atoms with E-state index >= 15 is 0 Å². The number of Topliss-reactive ketones (excluding diaryl/α,β-unsaturated/α-hetero) is 2. The molecule has 1 amide bonds. The van der Waals surface area contributed by atoms with E-state index in [0.717, 1.165) is 24.7 Å². The Kier molecular flexibility index (Phi) is 12.7. The van der Waals surface area contributed by atoms with Gasteiger partial charge in [-0.1, -0.05) is 18.2 Å². The number of fused-ring (bicyclic) bond motifs is 1. The minimum atomic E-state index is -3.78. The normalized spacial score (nSPS) is 13.1. The molecule has 1 fully saturated rings. The van der Waals surface area contributed by atoms with Crippen molar-refractivity contribution in [3.63, 3.8) is 0 Å². The number of carbonyl (C=O) groups excluding carboxylic acids is 3. The van der Waals surface area contributed by atoms with Crippen LogP contribution in [0.25, 0.3) is 22.3 Å². The Morgan fingerprint density at radius 3 is 2.10 bits per heavy atom. The number of rotatable bonds is 21. The number of nitrogens with zero attached hydrogens (tertiary/aromatic N) is 1. The van der Waals surface area contributed by atoms with Gasteiger partial charge in [0.1, 0.15) is 17.2 Å². The van der Waals surface area contributed by atoms with Gasteiger partial charge in [-0.05, 0) is 73.2 Å². The SMILES string of the molecule is CC(=O)c1cccc(COCCOCCOCCOCCN(c2cc3oc(-c4ccc(F)cc4)c(C(=O)C(N)=O)c3cc2C2CC2)S(C)(=O)=O)c1. The van der Waals surface area contributed by atoms with Gasteiger partial charge >= 0.3 is 0 Å². The molecule has 5 rings (SSSR count). The van der Waals surface area contributed by atoms with E-state index < -0.39 is 27.5 Å². The molecule has 51 heavy (non-hydrogen) atoms. The fourth-order valence-corrected chi connectivity index (χ4v) is 6.50. The molecule has 0 aliphatic heterocycles. The van der Waals surface area contributed by atoms with Gasteiger partial charge < -0.3 is 29.1 Å². The molecule has 4 aromatic rings. The van der Waals surface area contributed by atoms with Gasteiger partial charge in [0.25, 0.3) is 11.7 Å². The van der Waals surface area contributed by atoms with Gasteiger partial charge in [-0.2, -0.15) is 0 Å². The first-order valence-corrected chi connectivity index (χ1v) is 18.4.